The Balaban J connectivity index is 1.65. The van der Waals surface area contributed by atoms with E-state index in [9.17, 15) is 4.79 Å². The Labute approximate surface area is 175 Å². The Kier molecular flexibility index (Phi) is 4.86. The van der Waals surface area contributed by atoms with Crippen LogP contribution < -0.4 is 4.90 Å². The highest BCUT2D eigenvalue weighted by Gasteiger charge is 2.31. The van der Waals surface area contributed by atoms with Crippen LogP contribution in [0.15, 0.2) is 30.6 Å². The zero-order valence-electron chi connectivity index (χ0n) is 17.3. The van der Waals surface area contributed by atoms with E-state index in [2.05, 4.69) is 21.8 Å². The van der Waals surface area contributed by atoms with E-state index in [0.29, 0.717) is 19.0 Å². The van der Waals surface area contributed by atoms with Crippen molar-refractivity contribution in [3.8, 4) is 11.4 Å². The van der Waals surface area contributed by atoms with Crippen molar-refractivity contribution in [2.75, 3.05) is 38.3 Å². The van der Waals surface area contributed by atoms with E-state index in [-0.39, 0.29) is 17.9 Å². The summed E-state index contributed by atoms with van der Waals surface area (Å²) < 4.78 is 5.62. The number of pyridine rings is 1. The number of likely N-dealkylation sites (N-methyl/N-ethyl adjacent to an activating group) is 1. The number of nitrogens with zero attached hydrogens (tertiary/aromatic N) is 5. The Morgan fingerprint density at radius 3 is 3.00 bits per heavy atom. The molecule has 30 heavy (non-hydrogen) atoms. The number of amides is 1. The van der Waals surface area contributed by atoms with Crippen molar-refractivity contribution >= 4 is 22.8 Å². The van der Waals surface area contributed by atoms with E-state index in [1.807, 2.05) is 36.3 Å². The lowest BCUT2D eigenvalue weighted by atomic mass is 9.93. The van der Waals surface area contributed by atoms with E-state index in [1.54, 1.807) is 6.20 Å². The Morgan fingerprint density at radius 2 is 2.13 bits per heavy atom. The second-order valence-electron chi connectivity index (χ2n) is 8.15. The number of likely N-dealkylation sites (tertiary alicyclic amines) is 1. The molecule has 3 aromatic heterocycles. The molecule has 0 aliphatic carbocycles. The van der Waals surface area contributed by atoms with Gasteiger partial charge in [0, 0.05) is 49.5 Å². The van der Waals surface area contributed by atoms with Crippen LogP contribution in [-0.2, 0) is 9.53 Å². The number of aromatic nitrogens is 4. The minimum Gasteiger partial charge on any atom is -0.377 e. The summed E-state index contributed by atoms with van der Waals surface area (Å²) in [4.78, 5) is 34.4. The fourth-order valence-corrected chi connectivity index (χ4v) is 4.43. The molecule has 2 aliphatic rings. The van der Waals surface area contributed by atoms with Crippen molar-refractivity contribution < 1.29 is 9.53 Å². The van der Waals surface area contributed by atoms with Crippen molar-refractivity contribution in [2.24, 2.45) is 0 Å². The highest BCUT2D eigenvalue weighted by Crippen LogP contribution is 2.32. The molecule has 8 heteroatoms. The largest absolute Gasteiger partial charge is 0.377 e. The van der Waals surface area contributed by atoms with Gasteiger partial charge in [0.2, 0.25) is 5.91 Å². The van der Waals surface area contributed by atoms with Gasteiger partial charge in [0.15, 0.2) is 5.82 Å². The van der Waals surface area contributed by atoms with Crippen LogP contribution in [0.25, 0.3) is 22.4 Å². The molecule has 2 aliphatic heterocycles. The second-order valence-corrected chi connectivity index (χ2v) is 8.15. The number of piperidine rings is 1. The first-order chi connectivity index (χ1) is 14.6. The highest BCUT2D eigenvalue weighted by molar-refractivity contribution is 5.91. The molecule has 0 radical (unpaired) electrons. The summed E-state index contributed by atoms with van der Waals surface area (Å²) in [6.07, 6.45) is 5.43. The van der Waals surface area contributed by atoms with Crippen LogP contribution in [0.3, 0.4) is 0 Å². The number of anilines is 1. The molecular formula is C22H26N6O2. The maximum atomic E-state index is 12.9. The molecular weight excluding hydrogens is 380 g/mol. The molecule has 2 atom stereocenters. The number of fused-ring (bicyclic) bond motifs is 1. The molecule has 0 saturated carbocycles. The predicted molar refractivity (Wildman–Crippen MR) is 114 cm³/mol. The van der Waals surface area contributed by atoms with Gasteiger partial charge in [-0.1, -0.05) is 0 Å². The van der Waals surface area contributed by atoms with Gasteiger partial charge in [0.05, 0.1) is 30.9 Å². The number of hydrogen-bond acceptors (Lipinski definition) is 6. The van der Waals surface area contributed by atoms with E-state index < -0.39 is 0 Å². The van der Waals surface area contributed by atoms with Gasteiger partial charge in [-0.25, -0.2) is 15.0 Å². The number of ether oxygens (including phenoxy) is 1. The van der Waals surface area contributed by atoms with Crippen molar-refractivity contribution in [3.05, 3.63) is 36.3 Å². The lowest BCUT2D eigenvalue weighted by Crippen LogP contribution is -2.44. The summed E-state index contributed by atoms with van der Waals surface area (Å²) in [5, 5.41) is 0.975. The molecule has 8 nitrogen and oxygen atoms in total. The minimum atomic E-state index is -0.232. The third-order valence-electron chi connectivity index (χ3n) is 6.11. The van der Waals surface area contributed by atoms with Crippen LogP contribution in [0, 0.1) is 0 Å². The quantitative estimate of drug-likeness (QED) is 0.719. The molecule has 1 amide bonds. The predicted octanol–water partition coefficient (Wildman–Crippen LogP) is 2.58. The molecule has 2 saturated heterocycles. The number of hydrogen-bond donors (Lipinski definition) is 1. The Hall–Kier alpha value is -3.00. The van der Waals surface area contributed by atoms with Gasteiger partial charge < -0.3 is 19.5 Å². The minimum absolute atomic E-state index is 0.133. The number of rotatable bonds is 3. The lowest BCUT2D eigenvalue weighted by Gasteiger charge is -2.35. The summed E-state index contributed by atoms with van der Waals surface area (Å²) in [7, 11) is 1.87. The molecule has 5 heterocycles. The van der Waals surface area contributed by atoms with Crippen LogP contribution in [-0.4, -0.2) is 70.1 Å². The molecule has 2 fully saturated rings. The van der Waals surface area contributed by atoms with E-state index in [1.165, 1.54) is 0 Å². The number of nitrogens with one attached hydrogen (secondary N) is 1. The summed E-state index contributed by atoms with van der Waals surface area (Å²) in [5.41, 5.74) is 2.52. The van der Waals surface area contributed by atoms with Gasteiger partial charge in [-0.2, -0.15) is 0 Å². The average molecular weight is 406 g/mol. The van der Waals surface area contributed by atoms with Crippen LogP contribution in [0.1, 0.15) is 31.4 Å². The lowest BCUT2D eigenvalue weighted by molar-refractivity contribution is -0.133. The zero-order chi connectivity index (χ0) is 20.7. The monoisotopic (exact) mass is 406 g/mol. The van der Waals surface area contributed by atoms with Crippen molar-refractivity contribution in [2.45, 2.75) is 31.7 Å². The van der Waals surface area contributed by atoms with Crippen LogP contribution >= 0.6 is 0 Å². The fraction of sp³-hybridized carbons (Fsp3) is 0.455. The number of carbonyl (C=O) groups is 1. The average Bonchev–Trinajstić information content (AvgIpc) is 3.25. The summed E-state index contributed by atoms with van der Waals surface area (Å²) in [6, 6.07) is 6.15. The van der Waals surface area contributed by atoms with Crippen molar-refractivity contribution in [3.63, 3.8) is 0 Å². The molecule has 0 spiro atoms. The Morgan fingerprint density at radius 1 is 1.23 bits per heavy atom. The van der Waals surface area contributed by atoms with Crippen LogP contribution in [0.5, 0.6) is 0 Å². The van der Waals surface area contributed by atoms with Gasteiger partial charge in [0.1, 0.15) is 11.5 Å². The van der Waals surface area contributed by atoms with Crippen molar-refractivity contribution in [1.29, 1.82) is 0 Å². The van der Waals surface area contributed by atoms with E-state index >= 15 is 0 Å². The zero-order valence-corrected chi connectivity index (χ0v) is 17.3. The molecule has 0 bridgehead atoms. The second kappa shape index (κ2) is 7.68. The molecule has 3 aromatic rings. The van der Waals surface area contributed by atoms with E-state index in [0.717, 1.165) is 54.0 Å². The molecule has 0 unspecified atom stereocenters. The summed E-state index contributed by atoms with van der Waals surface area (Å²) in [5.74, 6) is 1.39. The number of aromatic amines is 1. The van der Waals surface area contributed by atoms with E-state index in [4.69, 9.17) is 14.7 Å². The molecule has 0 aromatic carbocycles. The van der Waals surface area contributed by atoms with Gasteiger partial charge in [-0.05, 0) is 31.9 Å². The molecule has 1 N–H and O–H groups in total. The number of morpholine rings is 1. The van der Waals surface area contributed by atoms with Crippen LogP contribution in [0.4, 0.5) is 5.82 Å². The first kappa shape index (κ1) is 19.0. The first-order valence-electron chi connectivity index (χ1n) is 10.5. The van der Waals surface area contributed by atoms with Crippen LogP contribution in [0.2, 0.25) is 0 Å². The smallest absolute Gasteiger partial charge is 0.231 e. The molecule has 156 valence electrons. The fourth-order valence-electron chi connectivity index (χ4n) is 4.43. The molecule has 5 rings (SSSR count). The maximum Gasteiger partial charge on any atom is 0.231 e. The topological polar surface area (TPSA) is 87.2 Å². The van der Waals surface area contributed by atoms with Gasteiger partial charge >= 0.3 is 0 Å². The highest BCUT2D eigenvalue weighted by atomic mass is 16.5. The Bertz CT molecular complexity index is 1080. The standard InChI is InChI=1S/C22H26N6O2/c1-14-13-30-11-10-28(14)19-12-18(17-4-3-9-27(2)22(17)29)25-21(26-19)16-6-8-24-20-15(16)5-7-23-20/h5-8,12,14,17H,3-4,9-11,13H2,1-2H3,(H,23,24)/t14-,17+/m1/s1. The van der Waals surface area contributed by atoms with Gasteiger partial charge in [-0.3, -0.25) is 4.79 Å². The SMILES string of the molecule is C[C@@H]1COCCN1c1cc([C@@H]2CCCN(C)C2=O)nc(-c2ccnc3[nH]ccc23)n1. The van der Waals surface area contributed by atoms with Gasteiger partial charge in [0.25, 0.3) is 0 Å². The third kappa shape index (κ3) is 3.31. The van der Waals surface area contributed by atoms with Gasteiger partial charge in [-0.15, -0.1) is 0 Å². The third-order valence-corrected chi connectivity index (χ3v) is 6.11. The maximum absolute atomic E-state index is 12.9. The summed E-state index contributed by atoms with van der Waals surface area (Å²) >= 11 is 0. The van der Waals surface area contributed by atoms with Crippen molar-refractivity contribution in [1.82, 2.24) is 24.8 Å². The number of H-pyrrole nitrogens is 1. The summed E-state index contributed by atoms with van der Waals surface area (Å²) in [6.45, 7) is 5.04. The normalized spacial score (nSPS) is 22.7. The first-order valence-corrected chi connectivity index (χ1v) is 10.5. The number of carbonyl (C=O) groups excluding carboxylic acids is 1.